The zero-order valence-electron chi connectivity index (χ0n) is 15.6. The standard InChI is InChI=1S/C17H23N5O3S2/c1-9(15(24)20-17(2,3)4)22(8-10-6-5-7-26-10)16(25)13-11(18)12(14(19)23)21-27-13/h5-7,9H,8,18H2,1-4H3,(H2,19,23)(H,20,24). The lowest BCUT2D eigenvalue weighted by molar-refractivity contribution is -0.126. The molecule has 0 bridgehead atoms. The SMILES string of the molecule is CC(C(=O)NC(C)(C)C)N(Cc1cccs1)C(=O)c1snc(C(N)=O)c1N. The highest BCUT2D eigenvalue weighted by Gasteiger charge is 2.32. The molecule has 0 aliphatic rings. The zero-order valence-corrected chi connectivity index (χ0v) is 17.2. The predicted octanol–water partition coefficient (Wildman–Crippen LogP) is 1.83. The summed E-state index contributed by atoms with van der Waals surface area (Å²) in [5.74, 6) is -1.56. The second kappa shape index (κ2) is 8.05. The molecule has 5 N–H and O–H groups in total. The average molecular weight is 410 g/mol. The van der Waals surface area contributed by atoms with Gasteiger partial charge in [0.15, 0.2) is 5.69 Å². The van der Waals surface area contributed by atoms with E-state index in [1.54, 1.807) is 6.92 Å². The maximum Gasteiger partial charge on any atom is 0.270 e. The van der Waals surface area contributed by atoms with Gasteiger partial charge in [-0.05, 0) is 50.7 Å². The van der Waals surface area contributed by atoms with Crippen LogP contribution in [-0.4, -0.2) is 38.6 Å². The van der Waals surface area contributed by atoms with Crippen molar-refractivity contribution in [2.24, 2.45) is 5.73 Å². The number of nitrogens with zero attached hydrogens (tertiary/aromatic N) is 2. The Kier molecular flexibility index (Phi) is 6.22. The maximum atomic E-state index is 13.1. The van der Waals surface area contributed by atoms with Crippen molar-refractivity contribution in [1.29, 1.82) is 0 Å². The van der Waals surface area contributed by atoms with Crippen molar-refractivity contribution in [2.45, 2.75) is 45.8 Å². The molecule has 1 atom stereocenters. The van der Waals surface area contributed by atoms with Crippen LogP contribution in [0, 0.1) is 0 Å². The van der Waals surface area contributed by atoms with Gasteiger partial charge in [0.05, 0.1) is 12.2 Å². The van der Waals surface area contributed by atoms with Gasteiger partial charge >= 0.3 is 0 Å². The molecule has 0 fully saturated rings. The molecule has 10 heteroatoms. The number of primary amides is 1. The Bertz CT molecular complexity index is 839. The molecule has 2 heterocycles. The van der Waals surface area contributed by atoms with Crippen molar-refractivity contribution in [3.63, 3.8) is 0 Å². The fourth-order valence-electron chi connectivity index (χ4n) is 2.33. The number of rotatable bonds is 6. The van der Waals surface area contributed by atoms with Crippen molar-refractivity contribution in [3.8, 4) is 0 Å². The van der Waals surface area contributed by atoms with Crippen molar-refractivity contribution in [1.82, 2.24) is 14.6 Å². The lowest BCUT2D eigenvalue weighted by Gasteiger charge is -2.30. The lowest BCUT2D eigenvalue weighted by atomic mass is 10.1. The summed E-state index contributed by atoms with van der Waals surface area (Å²) >= 11 is 2.28. The molecule has 146 valence electrons. The van der Waals surface area contributed by atoms with Crippen LogP contribution in [0.4, 0.5) is 5.69 Å². The number of hydrogen-bond acceptors (Lipinski definition) is 7. The van der Waals surface area contributed by atoms with E-state index in [1.807, 2.05) is 38.3 Å². The Balaban J connectivity index is 2.35. The van der Waals surface area contributed by atoms with Gasteiger partial charge in [-0.1, -0.05) is 6.07 Å². The first-order valence-electron chi connectivity index (χ1n) is 8.21. The molecule has 2 aromatic heterocycles. The number of nitrogens with two attached hydrogens (primary N) is 2. The third-order valence-electron chi connectivity index (χ3n) is 3.67. The number of thiophene rings is 1. The predicted molar refractivity (Wildman–Crippen MR) is 107 cm³/mol. The summed E-state index contributed by atoms with van der Waals surface area (Å²) in [6.07, 6.45) is 0. The lowest BCUT2D eigenvalue weighted by Crippen LogP contribution is -2.52. The van der Waals surface area contributed by atoms with E-state index in [4.69, 9.17) is 11.5 Å². The minimum absolute atomic E-state index is 0.0582. The normalized spacial score (nSPS) is 12.4. The highest BCUT2D eigenvalue weighted by Crippen LogP contribution is 2.26. The summed E-state index contributed by atoms with van der Waals surface area (Å²) in [6.45, 7) is 7.48. The molecule has 0 saturated carbocycles. The number of nitrogens with one attached hydrogen (secondary N) is 1. The highest BCUT2D eigenvalue weighted by atomic mass is 32.1. The molecule has 8 nitrogen and oxygen atoms in total. The first-order chi connectivity index (χ1) is 12.5. The molecule has 0 aromatic carbocycles. The van der Waals surface area contributed by atoms with E-state index in [9.17, 15) is 14.4 Å². The van der Waals surface area contributed by atoms with Crippen LogP contribution < -0.4 is 16.8 Å². The molecular weight excluding hydrogens is 386 g/mol. The van der Waals surface area contributed by atoms with Crippen LogP contribution in [0.3, 0.4) is 0 Å². The number of hydrogen-bond donors (Lipinski definition) is 3. The van der Waals surface area contributed by atoms with Crippen LogP contribution >= 0.6 is 22.9 Å². The number of carbonyl (C=O) groups excluding carboxylic acids is 3. The van der Waals surface area contributed by atoms with Gasteiger partial charge in [0.2, 0.25) is 5.91 Å². The summed E-state index contributed by atoms with van der Waals surface area (Å²) in [6, 6.07) is 3.00. The Morgan fingerprint density at radius 3 is 2.48 bits per heavy atom. The van der Waals surface area contributed by atoms with Crippen molar-refractivity contribution < 1.29 is 14.4 Å². The maximum absolute atomic E-state index is 13.1. The van der Waals surface area contributed by atoms with Gasteiger partial charge in [0.1, 0.15) is 10.9 Å². The van der Waals surface area contributed by atoms with Crippen molar-refractivity contribution in [3.05, 3.63) is 33.0 Å². The summed E-state index contributed by atoms with van der Waals surface area (Å²) in [4.78, 5) is 39.6. The van der Waals surface area contributed by atoms with E-state index in [0.717, 1.165) is 16.4 Å². The van der Waals surface area contributed by atoms with Crippen LogP contribution in [0.2, 0.25) is 0 Å². The smallest absolute Gasteiger partial charge is 0.270 e. The largest absolute Gasteiger partial charge is 0.395 e. The average Bonchev–Trinajstić information content (AvgIpc) is 3.19. The molecule has 0 spiro atoms. The molecule has 3 amide bonds. The third-order valence-corrected chi connectivity index (χ3v) is 5.38. The molecule has 2 rings (SSSR count). The van der Waals surface area contributed by atoms with Gasteiger partial charge in [-0.25, -0.2) is 0 Å². The van der Waals surface area contributed by atoms with Gasteiger partial charge in [-0.2, -0.15) is 4.37 Å². The van der Waals surface area contributed by atoms with Gasteiger partial charge in [0.25, 0.3) is 11.8 Å². The second-order valence-electron chi connectivity index (χ2n) is 7.07. The summed E-state index contributed by atoms with van der Waals surface area (Å²) in [5.41, 5.74) is 10.5. The first-order valence-corrected chi connectivity index (χ1v) is 9.87. The molecule has 0 saturated heterocycles. The second-order valence-corrected chi connectivity index (χ2v) is 8.87. The first kappa shape index (κ1) is 20.8. The Hall–Kier alpha value is -2.46. The Morgan fingerprint density at radius 2 is 2.00 bits per heavy atom. The van der Waals surface area contributed by atoms with Crippen molar-refractivity contribution in [2.75, 3.05) is 5.73 Å². The Morgan fingerprint density at radius 1 is 1.33 bits per heavy atom. The van der Waals surface area contributed by atoms with Gasteiger partial charge in [-0.3, -0.25) is 14.4 Å². The summed E-state index contributed by atoms with van der Waals surface area (Å²) in [7, 11) is 0. The number of anilines is 1. The topological polar surface area (TPSA) is 131 Å². The third kappa shape index (κ3) is 5.04. The van der Waals surface area contributed by atoms with Crippen LogP contribution in [0.5, 0.6) is 0 Å². The molecule has 1 unspecified atom stereocenters. The minimum atomic E-state index is -0.800. The number of carbonyl (C=O) groups is 3. The van der Waals surface area contributed by atoms with E-state index in [2.05, 4.69) is 9.69 Å². The van der Waals surface area contributed by atoms with Crippen molar-refractivity contribution >= 4 is 46.3 Å². The zero-order chi connectivity index (χ0) is 20.4. The number of amides is 3. The van der Waals surface area contributed by atoms with Crippen LogP contribution in [0.25, 0.3) is 0 Å². The molecule has 0 aliphatic heterocycles. The molecular formula is C17H23N5O3S2. The van der Waals surface area contributed by atoms with Gasteiger partial charge in [0, 0.05) is 10.4 Å². The molecule has 2 aromatic rings. The fourth-order valence-corrected chi connectivity index (χ4v) is 3.79. The van der Waals surface area contributed by atoms with Crippen LogP contribution in [-0.2, 0) is 11.3 Å². The van der Waals surface area contributed by atoms with Gasteiger partial charge < -0.3 is 21.7 Å². The van der Waals surface area contributed by atoms with E-state index >= 15 is 0 Å². The van der Waals surface area contributed by atoms with E-state index in [1.165, 1.54) is 16.2 Å². The van der Waals surface area contributed by atoms with Crippen LogP contribution in [0.15, 0.2) is 17.5 Å². The molecule has 0 aliphatic carbocycles. The molecule has 0 radical (unpaired) electrons. The van der Waals surface area contributed by atoms with Gasteiger partial charge in [-0.15, -0.1) is 11.3 Å². The monoisotopic (exact) mass is 409 g/mol. The Labute approximate surface area is 165 Å². The van der Waals surface area contributed by atoms with E-state index in [-0.39, 0.29) is 28.7 Å². The number of nitrogen functional groups attached to an aromatic ring is 1. The fraction of sp³-hybridized carbons (Fsp3) is 0.412. The number of aromatic nitrogens is 1. The summed E-state index contributed by atoms with van der Waals surface area (Å²) < 4.78 is 3.88. The highest BCUT2D eigenvalue weighted by molar-refractivity contribution is 7.10. The summed E-state index contributed by atoms with van der Waals surface area (Å²) in [5, 5.41) is 4.77. The minimum Gasteiger partial charge on any atom is -0.395 e. The quantitative estimate of drug-likeness (QED) is 0.670. The van der Waals surface area contributed by atoms with Crippen LogP contribution in [0.1, 0.15) is 52.7 Å². The molecule has 27 heavy (non-hydrogen) atoms. The van der Waals surface area contributed by atoms with E-state index < -0.39 is 23.4 Å². The van der Waals surface area contributed by atoms with E-state index in [0.29, 0.717) is 0 Å².